The van der Waals surface area contributed by atoms with Gasteiger partial charge in [0.1, 0.15) is 26.2 Å². The molecule has 2 aromatic carbocycles. The Bertz CT molecular complexity index is 846. The molecule has 7 heteroatoms. The summed E-state index contributed by atoms with van der Waals surface area (Å²) < 4.78 is 5.41. The molecule has 1 aliphatic heterocycles. The molecule has 0 bridgehead atoms. The molecule has 1 fully saturated rings. The summed E-state index contributed by atoms with van der Waals surface area (Å²) in [6, 6.07) is 16.0. The topological polar surface area (TPSA) is 76.3 Å². The van der Waals surface area contributed by atoms with Gasteiger partial charge < -0.3 is 25.2 Å². The lowest BCUT2D eigenvalue weighted by molar-refractivity contribution is -0.921. The van der Waals surface area contributed by atoms with Crippen molar-refractivity contribution in [3.05, 3.63) is 70.8 Å². The number of hydrogen-bond donors (Lipinski definition) is 4. The molecule has 7 nitrogen and oxygen atoms in total. The van der Waals surface area contributed by atoms with Crippen LogP contribution in [0.3, 0.4) is 0 Å². The fraction of sp³-hybridized carbons (Fsp3) is 0.417. The molecule has 2 aromatic rings. The fourth-order valence-corrected chi connectivity index (χ4v) is 3.77. The quantitative estimate of drug-likeness (QED) is 0.407. The number of amides is 2. The van der Waals surface area contributed by atoms with Crippen LogP contribution in [0.2, 0.25) is 0 Å². The third-order valence-electron chi connectivity index (χ3n) is 5.58. The van der Waals surface area contributed by atoms with Gasteiger partial charge in [-0.15, -0.1) is 0 Å². The summed E-state index contributed by atoms with van der Waals surface area (Å²) in [7, 11) is 3.61. The first-order chi connectivity index (χ1) is 15.0. The number of nitrogens with one attached hydrogen (secondary N) is 4. The highest BCUT2D eigenvalue weighted by atomic mass is 16.5. The fourth-order valence-electron chi connectivity index (χ4n) is 3.77. The maximum Gasteiger partial charge on any atom is 0.275 e. The van der Waals surface area contributed by atoms with Gasteiger partial charge in [-0.05, 0) is 17.7 Å². The summed E-state index contributed by atoms with van der Waals surface area (Å²) in [6.45, 7) is 6.49. The Hall–Kier alpha value is -2.74. The summed E-state index contributed by atoms with van der Waals surface area (Å²) in [4.78, 5) is 26.6. The average molecular weight is 427 g/mol. The summed E-state index contributed by atoms with van der Waals surface area (Å²) in [5, 5.41) is 5.63. The molecule has 3 rings (SSSR count). The van der Waals surface area contributed by atoms with Crippen LogP contribution in [0, 0.1) is 0 Å². The number of carbonyl (C=O) groups excluding carboxylic acids is 2. The Morgan fingerprint density at radius 1 is 0.968 bits per heavy atom. The number of carbonyl (C=O) groups is 2. The van der Waals surface area contributed by atoms with E-state index >= 15 is 0 Å². The second-order valence-electron chi connectivity index (χ2n) is 8.22. The molecule has 0 aliphatic carbocycles. The normalized spacial score (nSPS) is 15.3. The molecule has 0 spiro atoms. The predicted molar refractivity (Wildman–Crippen MR) is 119 cm³/mol. The number of hydrogen-bond acceptors (Lipinski definition) is 3. The smallest absolute Gasteiger partial charge is 0.275 e. The standard InChI is InChI=1S/C24H32N4O3/c1-25-24(30)22-9-7-20(8-10-22)16-27(2)18-23(29)26-15-19-3-5-21(6-4-19)17-28-11-13-31-14-12-28/h3-10H,11-18H2,1-2H3,(H,25,30)(H,26,29)/p+2. The molecular formula is C24H34N4O3+2. The van der Waals surface area contributed by atoms with E-state index in [1.54, 1.807) is 11.9 Å². The molecule has 31 heavy (non-hydrogen) atoms. The number of quaternary nitrogens is 2. The van der Waals surface area contributed by atoms with Crippen molar-refractivity contribution in [1.82, 2.24) is 10.6 Å². The Labute approximate surface area is 184 Å². The first-order valence-electron chi connectivity index (χ1n) is 10.9. The third kappa shape index (κ3) is 7.47. The van der Waals surface area contributed by atoms with Crippen molar-refractivity contribution in [1.29, 1.82) is 0 Å². The molecule has 1 unspecified atom stereocenters. The van der Waals surface area contributed by atoms with Gasteiger partial charge in [-0.1, -0.05) is 36.4 Å². The van der Waals surface area contributed by atoms with E-state index in [9.17, 15) is 9.59 Å². The van der Waals surface area contributed by atoms with Gasteiger partial charge in [0, 0.05) is 30.3 Å². The van der Waals surface area contributed by atoms with Crippen molar-refractivity contribution in [2.24, 2.45) is 0 Å². The van der Waals surface area contributed by atoms with E-state index in [-0.39, 0.29) is 11.8 Å². The van der Waals surface area contributed by atoms with Gasteiger partial charge in [0.15, 0.2) is 6.54 Å². The maximum absolute atomic E-state index is 12.3. The van der Waals surface area contributed by atoms with Crippen molar-refractivity contribution in [3.8, 4) is 0 Å². The lowest BCUT2D eigenvalue weighted by Crippen LogP contribution is -3.12. The number of benzene rings is 2. The zero-order valence-corrected chi connectivity index (χ0v) is 18.5. The average Bonchev–Trinajstić information content (AvgIpc) is 2.79. The molecule has 1 saturated heterocycles. The van der Waals surface area contributed by atoms with Crippen molar-refractivity contribution >= 4 is 11.8 Å². The molecule has 166 valence electrons. The first kappa shape index (κ1) is 22.9. The van der Waals surface area contributed by atoms with Gasteiger partial charge in [-0.3, -0.25) is 9.59 Å². The van der Waals surface area contributed by atoms with Gasteiger partial charge >= 0.3 is 0 Å². The molecule has 0 radical (unpaired) electrons. The van der Waals surface area contributed by atoms with E-state index < -0.39 is 0 Å². The minimum atomic E-state index is -0.0954. The van der Waals surface area contributed by atoms with Crippen LogP contribution in [0.4, 0.5) is 0 Å². The lowest BCUT2D eigenvalue weighted by atomic mass is 10.1. The Balaban J connectivity index is 1.39. The van der Waals surface area contributed by atoms with Crippen LogP contribution < -0.4 is 20.4 Å². The monoisotopic (exact) mass is 426 g/mol. The number of rotatable bonds is 9. The zero-order chi connectivity index (χ0) is 22.1. The molecule has 1 heterocycles. The molecule has 4 N–H and O–H groups in total. The predicted octanol–water partition coefficient (Wildman–Crippen LogP) is -1.21. The van der Waals surface area contributed by atoms with Gasteiger partial charge in [0.2, 0.25) is 0 Å². The van der Waals surface area contributed by atoms with Crippen molar-refractivity contribution in [3.63, 3.8) is 0 Å². The molecule has 2 amide bonds. The summed E-state index contributed by atoms with van der Waals surface area (Å²) in [6.07, 6.45) is 0. The van der Waals surface area contributed by atoms with E-state index in [2.05, 4.69) is 34.9 Å². The zero-order valence-electron chi connectivity index (χ0n) is 18.5. The van der Waals surface area contributed by atoms with Gasteiger partial charge in [0.25, 0.3) is 11.8 Å². The molecular weight excluding hydrogens is 392 g/mol. The second kappa shape index (κ2) is 11.6. The van der Waals surface area contributed by atoms with Crippen molar-refractivity contribution in [2.75, 3.05) is 46.9 Å². The van der Waals surface area contributed by atoms with E-state index in [1.165, 1.54) is 5.56 Å². The van der Waals surface area contributed by atoms with Gasteiger partial charge in [-0.25, -0.2) is 0 Å². The third-order valence-corrected chi connectivity index (χ3v) is 5.58. The van der Waals surface area contributed by atoms with Crippen LogP contribution in [-0.4, -0.2) is 58.8 Å². The SMILES string of the molecule is CNC(=O)c1ccc(C[NH+](C)CC(=O)NCc2ccc(C[NH+]3CCOCC3)cc2)cc1. The van der Waals surface area contributed by atoms with Crippen LogP contribution in [-0.2, 0) is 29.2 Å². The molecule has 1 atom stereocenters. The Kier molecular flexibility index (Phi) is 8.58. The van der Waals surface area contributed by atoms with Crippen LogP contribution in [0.25, 0.3) is 0 Å². The highest BCUT2D eigenvalue weighted by Crippen LogP contribution is 2.04. The largest absolute Gasteiger partial charge is 0.370 e. The minimum absolute atomic E-state index is 0.0290. The number of morpholine rings is 1. The second-order valence-corrected chi connectivity index (χ2v) is 8.22. The first-order valence-corrected chi connectivity index (χ1v) is 10.9. The van der Waals surface area contributed by atoms with E-state index in [4.69, 9.17) is 4.74 Å². The number of likely N-dealkylation sites (N-methyl/N-ethyl adjacent to an activating group) is 1. The molecule has 0 saturated carbocycles. The maximum atomic E-state index is 12.3. The highest BCUT2D eigenvalue weighted by Gasteiger charge is 2.14. The summed E-state index contributed by atoms with van der Waals surface area (Å²) in [5.74, 6) is -0.0664. The van der Waals surface area contributed by atoms with Crippen LogP contribution >= 0.6 is 0 Å². The Morgan fingerprint density at radius 3 is 2.23 bits per heavy atom. The van der Waals surface area contributed by atoms with E-state index in [0.717, 1.165) is 55.4 Å². The van der Waals surface area contributed by atoms with Crippen LogP contribution in [0.1, 0.15) is 27.0 Å². The Morgan fingerprint density at radius 2 is 1.58 bits per heavy atom. The molecule has 0 aromatic heterocycles. The van der Waals surface area contributed by atoms with Crippen molar-refractivity contribution in [2.45, 2.75) is 19.6 Å². The highest BCUT2D eigenvalue weighted by molar-refractivity contribution is 5.93. The minimum Gasteiger partial charge on any atom is -0.370 e. The van der Waals surface area contributed by atoms with Gasteiger partial charge in [0.05, 0.1) is 20.3 Å². The summed E-state index contributed by atoms with van der Waals surface area (Å²) in [5.41, 5.74) is 4.16. The molecule has 1 aliphatic rings. The van der Waals surface area contributed by atoms with Crippen molar-refractivity contribution < 1.29 is 24.1 Å². The van der Waals surface area contributed by atoms with Crippen LogP contribution in [0.15, 0.2) is 48.5 Å². The summed E-state index contributed by atoms with van der Waals surface area (Å²) >= 11 is 0. The van der Waals surface area contributed by atoms with Crippen LogP contribution in [0.5, 0.6) is 0 Å². The van der Waals surface area contributed by atoms with E-state index in [0.29, 0.717) is 18.7 Å². The lowest BCUT2D eigenvalue weighted by Gasteiger charge is -2.23. The van der Waals surface area contributed by atoms with E-state index in [1.807, 2.05) is 31.3 Å². The number of ether oxygens (including phenoxy) is 1. The van der Waals surface area contributed by atoms with Gasteiger partial charge in [-0.2, -0.15) is 0 Å².